The van der Waals surface area contributed by atoms with Crippen LogP contribution in [0.3, 0.4) is 0 Å². The first-order chi connectivity index (χ1) is 18.5. The lowest BCUT2D eigenvalue weighted by atomic mass is 9.73. The van der Waals surface area contributed by atoms with Crippen LogP contribution in [0, 0.1) is 23.7 Å². The predicted molar refractivity (Wildman–Crippen MR) is 148 cm³/mol. The van der Waals surface area contributed by atoms with Gasteiger partial charge in [-0.15, -0.1) is 0 Å². The van der Waals surface area contributed by atoms with Crippen molar-refractivity contribution in [1.82, 2.24) is 4.90 Å². The van der Waals surface area contributed by atoms with Crippen molar-refractivity contribution in [3.63, 3.8) is 0 Å². The summed E-state index contributed by atoms with van der Waals surface area (Å²) in [4.78, 5) is 49.7. The van der Waals surface area contributed by atoms with Crippen LogP contribution in [0.15, 0.2) is 30.3 Å². The zero-order valence-electron chi connectivity index (χ0n) is 23.8. The van der Waals surface area contributed by atoms with Crippen LogP contribution in [-0.4, -0.2) is 62.3 Å². The van der Waals surface area contributed by atoms with Gasteiger partial charge in [0.25, 0.3) is 0 Å². The van der Waals surface area contributed by atoms with E-state index in [1.54, 1.807) is 0 Å². The Hall–Kier alpha value is -2.94. The zero-order chi connectivity index (χ0) is 29.5. The highest BCUT2D eigenvalue weighted by molar-refractivity contribution is 5.81. The topological polar surface area (TPSA) is 152 Å². The number of unbranched alkanes of at least 4 members (excludes halogenated alkanes) is 2. The van der Waals surface area contributed by atoms with E-state index < -0.39 is 54.5 Å². The van der Waals surface area contributed by atoms with Crippen molar-refractivity contribution >= 4 is 23.9 Å². The van der Waals surface area contributed by atoms with Crippen LogP contribution in [-0.2, 0) is 19.2 Å². The Bertz CT molecular complexity index is 871. The Morgan fingerprint density at radius 2 is 1.31 bits per heavy atom. The van der Waals surface area contributed by atoms with Gasteiger partial charge in [-0.3, -0.25) is 24.1 Å². The maximum Gasteiger partial charge on any atom is 0.307 e. The van der Waals surface area contributed by atoms with E-state index in [0.717, 1.165) is 44.1 Å². The molecule has 0 spiro atoms. The molecule has 0 saturated carbocycles. The molecule has 220 valence electrons. The minimum Gasteiger partial charge on any atom is -0.481 e. The van der Waals surface area contributed by atoms with Crippen molar-refractivity contribution in [2.45, 2.75) is 97.1 Å². The van der Waals surface area contributed by atoms with E-state index in [0.29, 0.717) is 12.3 Å². The van der Waals surface area contributed by atoms with E-state index in [-0.39, 0.29) is 18.5 Å². The summed E-state index contributed by atoms with van der Waals surface area (Å²) >= 11 is 0. The third kappa shape index (κ3) is 11.0. The molecule has 39 heavy (non-hydrogen) atoms. The third-order valence-corrected chi connectivity index (χ3v) is 7.91. The number of carboxylic acids is 4. The van der Waals surface area contributed by atoms with Crippen LogP contribution in [0.4, 0.5) is 0 Å². The van der Waals surface area contributed by atoms with E-state index in [1.807, 2.05) is 32.2 Å². The van der Waals surface area contributed by atoms with Crippen molar-refractivity contribution < 1.29 is 39.6 Å². The first-order valence-electron chi connectivity index (χ1n) is 14.1. The van der Waals surface area contributed by atoms with Crippen molar-refractivity contribution in [2.24, 2.45) is 23.7 Å². The average Bonchev–Trinajstić information content (AvgIpc) is 2.87. The molecule has 0 aromatic heterocycles. The Morgan fingerprint density at radius 1 is 0.769 bits per heavy atom. The molecule has 0 heterocycles. The molecule has 4 N–H and O–H groups in total. The summed E-state index contributed by atoms with van der Waals surface area (Å²) < 4.78 is 0. The Labute approximate surface area is 232 Å². The minimum atomic E-state index is -1.53. The van der Waals surface area contributed by atoms with Gasteiger partial charge in [0.05, 0.1) is 24.7 Å². The van der Waals surface area contributed by atoms with Crippen LogP contribution in [0.1, 0.15) is 96.6 Å². The maximum atomic E-state index is 12.2. The van der Waals surface area contributed by atoms with Gasteiger partial charge in [0, 0.05) is 12.1 Å². The first kappa shape index (κ1) is 34.1. The normalized spacial score (nSPS) is 16.1. The molecular formula is C30H47NO8. The van der Waals surface area contributed by atoms with E-state index in [4.69, 9.17) is 0 Å². The fraction of sp³-hybridized carbons (Fsp3) is 0.667. The second-order valence-corrected chi connectivity index (χ2v) is 10.6. The lowest BCUT2D eigenvalue weighted by molar-refractivity contribution is -0.158. The third-order valence-electron chi connectivity index (χ3n) is 7.91. The summed E-state index contributed by atoms with van der Waals surface area (Å²) in [5, 5.41) is 38.7. The van der Waals surface area contributed by atoms with E-state index in [9.17, 15) is 39.6 Å². The van der Waals surface area contributed by atoms with Crippen molar-refractivity contribution in [3.8, 4) is 0 Å². The largest absolute Gasteiger partial charge is 0.481 e. The highest BCUT2D eigenvalue weighted by Gasteiger charge is 2.42. The van der Waals surface area contributed by atoms with Gasteiger partial charge in [0.2, 0.25) is 0 Å². The van der Waals surface area contributed by atoms with Crippen molar-refractivity contribution in [3.05, 3.63) is 35.9 Å². The van der Waals surface area contributed by atoms with Crippen LogP contribution < -0.4 is 0 Å². The summed E-state index contributed by atoms with van der Waals surface area (Å²) in [7, 11) is 1.96. The van der Waals surface area contributed by atoms with Crippen LogP contribution in [0.5, 0.6) is 0 Å². The molecule has 5 unspecified atom stereocenters. The molecule has 1 aromatic rings. The summed E-state index contributed by atoms with van der Waals surface area (Å²) in [5.74, 6) is -9.53. The summed E-state index contributed by atoms with van der Waals surface area (Å²) in [6, 6.07) is 9.75. The van der Waals surface area contributed by atoms with E-state index in [1.165, 1.54) is 0 Å². The maximum absolute atomic E-state index is 12.2. The van der Waals surface area contributed by atoms with Gasteiger partial charge in [-0.25, -0.2) is 0 Å². The Morgan fingerprint density at radius 3 is 1.72 bits per heavy atom. The van der Waals surface area contributed by atoms with E-state index in [2.05, 4.69) is 30.9 Å². The van der Waals surface area contributed by atoms with E-state index >= 15 is 0 Å². The van der Waals surface area contributed by atoms with Crippen LogP contribution in [0.2, 0.25) is 0 Å². The molecule has 9 nitrogen and oxygen atoms in total. The number of rotatable bonds is 21. The minimum absolute atomic E-state index is 0.0147. The highest BCUT2D eigenvalue weighted by Crippen LogP contribution is 2.40. The molecule has 0 aliphatic heterocycles. The van der Waals surface area contributed by atoms with Gasteiger partial charge in [0.1, 0.15) is 0 Å². The number of hydrogen-bond donors (Lipinski definition) is 4. The van der Waals surface area contributed by atoms with Crippen molar-refractivity contribution in [2.75, 3.05) is 7.05 Å². The fourth-order valence-electron chi connectivity index (χ4n) is 5.97. The Balaban J connectivity index is 3.56. The number of nitrogens with zero attached hydrogens (tertiary/aromatic N) is 1. The standard InChI is InChI=1S/C30H47NO8/c1-5-8-10-14-20(13-6-2)28(21-15-11-9-12-16-21)31(4)22(7-3)17-23(24(29(36)37)18-26(32)33)25(30(38)39)19-27(34)35/h9,11-12,15-16,20,22-25,28H,5-8,10,13-14,17-19H2,1-4H3,(H,32,33)(H,34,35)(H,36,37)(H,38,39). The van der Waals surface area contributed by atoms with Crippen LogP contribution >= 0.6 is 0 Å². The van der Waals surface area contributed by atoms with Gasteiger partial charge < -0.3 is 20.4 Å². The molecule has 1 aromatic carbocycles. The lowest BCUT2D eigenvalue weighted by Gasteiger charge is -2.42. The SMILES string of the molecule is CCCCCC(CCC)C(c1ccccc1)N(C)C(CC)CC(C(CC(=O)O)C(=O)O)C(CC(=O)O)C(=O)O. The summed E-state index contributed by atoms with van der Waals surface area (Å²) in [5.41, 5.74) is 1.12. The smallest absolute Gasteiger partial charge is 0.307 e. The number of carboxylic acid groups (broad SMARTS) is 4. The number of benzene rings is 1. The molecule has 0 aliphatic carbocycles. The molecular weight excluding hydrogens is 502 g/mol. The molecule has 0 amide bonds. The summed E-state index contributed by atoms with van der Waals surface area (Å²) in [6.45, 7) is 6.25. The monoisotopic (exact) mass is 549 g/mol. The molecule has 0 bridgehead atoms. The molecule has 9 heteroatoms. The van der Waals surface area contributed by atoms with Gasteiger partial charge in [-0.2, -0.15) is 0 Å². The quantitative estimate of drug-likeness (QED) is 0.140. The molecule has 5 atom stereocenters. The van der Waals surface area contributed by atoms with Gasteiger partial charge in [-0.1, -0.05) is 76.8 Å². The average molecular weight is 550 g/mol. The summed E-state index contributed by atoms with van der Waals surface area (Å²) in [6.07, 6.45) is 5.35. The number of aliphatic carboxylic acids is 4. The first-order valence-corrected chi connectivity index (χ1v) is 14.1. The van der Waals surface area contributed by atoms with Gasteiger partial charge in [-0.05, 0) is 50.1 Å². The fourth-order valence-corrected chi connectivity index (χ4v) is 5.97. The molecule has 0 saturated heterocycles. The molecule has 1 rings (SSSR count). The highest BCUT2D eigenvalue weighted by atomic mass is 16.4. The predicted octanol–water partition coefficient (Wildman–Crippen LogP) is 5.79. The van der Waals surface area contributed by atoms with Crippen molar-refractivity contribution in [1.29, 1.82) is 0 Å². The number of carbonyl (C=O) groups is 4. The molecule has 0 radical (unpaired) electrons. The second-order valence-electron chi connectivity index (χ2n) is 10.6. The Kier molecular flexibility index (Phi) is 15.4. The molecule has 0 fully saturated rings. The van der Waals surface area contributed by atoms with Gasteiger partial charge in [0.15, 0.2) is 0 Å². The number of hydrogen-bond acceptors (Lipinski definition) is 5. The molecule has 0 aliphatic rings. The van der Waals surface area contributed by atoms with Gasteiger partial charge >= 0.3 is 23.9 Å². The lowest BCUT2D eigenvalue weighted by Crippen LogP contribution is -2.44. The second kappa shape index (κ2) is 17.6. The zero-order valence-corrected chi connectivity index (χ0v) is 23.8. The van der Waals surface area contributed by atoms with Crippen LogP contribution in [0.25, 0.3) is 0 Å².